The van der Waals surface area contributed by atoms with Crippen molar-refractivity contribution < 1.29 is 0 Å². The van der Waals surface area contributed by atoms with E-state index in [9.17, 15) is 0 Å². The highest BCUT2D eigenvalue weighted by Crippen LogP contribution is 2.47. The van der Waals surface area contributed by atoms with E-state index < -0.39 is 0 Å². The van der Waals surface area contributed by atoms with Crippen LogP contribution < -0.4 is 0 Å². The lowest BCUT2D eigenvalue weighted by Gasteiger charge is -2.44. The zero-order valence-corrected chi connectivity index (χ0v) is 9.97. The summed E-state index contributed by atoms with van der Waals surface area (Å²) in [7, 11) is 0. The number of fused-ring (bicyclic) bond motifs is 1. The van der Waals surface area contributed by atoms with Crippen molar-refractivity contribution in [1.82, 2.24) is 0 Å². The summed E-state index contributed by atoms with van der Waals surface area (Å²) in [4.78, 5) is 0. The van der Waals surface area contributed by atoms with Crippen LogP contribution in [0.1, 0.15) is 65.2 Å². The third-order valence-electron chi connectivity index (χ3n) is 5.01. The Bertz CT molecular complexity index is 167. The van der Waals surface area contributed by atoms with Gasteiger partial charge in [-0.3, -0.25) is 0 Å². The maximum atomic E-state index is 2.41. The van der Waals surface area contributed by atoms with Gasteiger partial charge < -0.3 is 0 Å². The van der Waals surface area contributed by atoms with Crippen LogP contribution in [0, 0.1) is 23.7 Å². The predicted octanol–water partition coefficient (Wildman–Crippen LogP) is 4.64. The van der Waals surface area contributed by atoms with Crippen molar-refractivity contribution in [2.75, 3.05) is 0 Å². The number of hydrogen-bond donors (Lipinski definition) is 0. The molecule has 0 aromatic heterocycles. The van der Waals surface area contributed by atoms with Crippen molar-refractivity contribution in [2.24, 2.45) is 23.7 Å². The topological polar surface area (TPSA) is 0 Å². The monoisotopic (exact) mass is 194 g/mol. The lowest BCUT2D eigenvalue weighted by atomic mass is 9.62. The Kier molecular flexibility index (Phi) is 3.52. The molecule has 0 nitrogen and oxygen atoms in total. The van der Waals surface area contributed by atoms with Gasteiger partial charge in [0, 0.05) is 0 Å². The minimum atomic E-state index is 1.07. The third kappa shape index (κ3) is 1.99. The van der Waals surface area contributed by atoms with E-state index in [1.807, 2.05) is 0 Å². The SMILES string of the molecule is CCC1CCC2CCCC(CC)C2C1. The van der Waals surface area contributed by atoms with Crippen molar-refractivity contribution in [3.63, 3.8) is 0 Å². The predicted molar refractivity (Wildman–Crippen MR) is 62.2 cm³/mol. The highest BCUT2D eigenvalue weighted by Gasteiger charge is 2.36. The van der Waals surface area contributed by atoms with Crippen molar-refractivity contribution >= 4 is 0 Å². The fraction of sp³-hybridized carbons (Fsp3) is 1.00. The number of rotatable bonds is 2. The summed E-state index contributed by atoms with van der Waals surface area (Å²) >= 11 is 0. The molecule has 2 saturated carbocycles. The summed E-state index contributed by atoms with van der Waals surface area (Å²) in [5, 5.41) is 0. The second-order valence-corrected chi connectivity index (χ2v) is 5.61. The van der Waals surface area contributed by atoms with E-state index in [1.165, 1.54) is 32.1 Å². The van der Waals surface area contributed by atoms with E-state index in [-0.39, 0.29) is 0 Å². The molecule has 0 aromatic carbocycles. The van der Waals surface area contributed by atoms with Crippen molar-refractivity contribution in [3.8, 4) is 0 Å². The van der Waals surface area contributed by atoms with Gasteiger partial charge in [0.25, 0.3) is 0 Å². The van der Waals surface area contributed by atoms with Crippen molar-refractivity contribution in [2.45, 2.75) is 65.2 Å². The van der Waals surface area contributed by atoms with Gasteiger partial charge in [-0.25, -0.2) is 0 Å². The fourth-order valence-corrected chi connectivity index (χ4v) is 4.03. The molecule has 2 aliphatic rings. The quantitative estimate of drug-likeness (QED) is 0.601. The molecule has 14 heavy (non-hydrogen) atoms. The van der Waals surface area contributed by atoms with Crippen LogP contribution >= 0.6 is 0 Å². The Morgan fingerprint density at radius 2 is 1.79 bits per heavy atom. The summed E-state index contributed by atoms with van der Waals surface area (Å²) in [6.45, 7) is 4.79. The van der Waals surface area contributed by atoms with Gasteiger partial charge in [-0.15, -0.1) is 0 Å². The molecule has 0 amide bonds. The van der Waals surface area contributed by atoms with Crippen LogP contribution in [0.2, 0.25) is 0 Å². The molecule has 0 spiro atoms. The molecule has 0 saturated heterocycles. The minimum Gasteiger partial charge on any atom is -0.0651 e. The molecule has 82 valence electrons. The molecular weight excluding hydrogens is 168 g/mol. The molecule has 2 rings (SSSR count). The normalized spacial score (nSPS) is 43.3. The smallest absolute Gasteiger partial charge is 0.0355 e. The molecule has 0 heteroatoms. The summed E-state index contributed by atoms with van der Waals surface area (Å²) in [5.74, 6) is 4.40. The van der Waals surface area contributed by atoms with Crippen LogP contribution in [0.3, 0.4) is 0 Å². The van der Waals surface area contributed by atoms with Crippen LogP contribution in [0.25, 0.3) is 0 Å². The van der Waals surface area contributed by atoms with E-state index in [2.05, 4.69) is 13.8 Å². The molecule has 2 aliphatic carbocycles. The summed E-state index contributed by atoms with van der Waals surface area (Å²) < 4.78 is 0. The van der Waals surface area contributed by atoms with E-state index in [4.69, 9.17) is 0 Å². The first-order valence-corrected chi connectivity index (χ1v) is 6.85. The van der Waals surface area contributed by atoms with Crippen LogP contribution in [0.5, 0.6) is 0 Å². The largest absolute Gasteiger partial charge is 0.0651 e. The van der Waals surface area contributed by atoms with Gasteiger partial charge in [0.15, 0.2) is 0 Å². The minimum absolute atomic E-state index is 1.07. The molecule has 0 bridgehead atoms. The van der Waals surface area contributed by atoms with E-state index in [1.54, 1.807) is 19.3 Å². The Morgan fingerprint density at radius 3 is 2.50 bits per heavy atom. The Hall–Kier alpha value is 0. The highest BCUT2D eigenvalue weighted by molar-refractivity contribution is 4.87. The van der Waals surface area contributed by atoms with Gasteiger partial charge in [-0.1, -0.05) is 52.4 Å². The molecule has 0 heterocycles. The maximum absolute atomic E-state index is 2.41. The molecular formula is C14H26. The average molecular weight is 194 g/mol. The van der Waals surface area contributed by atoms with E-state index >= 15 is 0 Å². The lowest BCUT2D eigenvalue weighted by Crippen LogP contribution is -2.33. The van der Waals surface area contributed by atoms with Crippen LogP contribution in [-0.4, -0.2) is 0 Å². The van der Waals surface area contributed by atoms with E-state index in [0.29, 0.717) is 0 Å². The fourth-order valence-electron chi connectivity index (χ4n) is 4.03. The zero-order valence-electron chi connectivity index (χ0n) is 9.97. The maximum Gasteiger partial charge on any atom is -0.0355 e. The molecule has 0 N–H and O–H groups in total. The second-order valence-electron chi connectivity index (χ2n) is 5.61. The first-order chi connectivity index (χ1) is 6.85. The van der Waals surface area contributed by atoms with E-state index in [0.717, 1.165) is 23.7 Å². The van der Waals surface area contributed by atoms with Crippen LogP contribution in [0.15, 0.2) is 0 Å². The average Bonchev–Trinajstić information content (AvgIpc) is 2.27. The van der Waals surface area contributed by atoms with Gasteiger partial charge in [0.05, 0.1) is 0 Å². The molecule has 0 aromatic rings. The molecule has 0 aliphatic heterocycles. The Morgan fingerprint density at radius 1 is 0.929 bits per heavy atom. The molecule has 4 unspecified atom stereocenters. The highest BCUT2D eigenvalue weighted by atomic mass is 14.4. The molecule has 4 atom stereocenters. The van der Waals surface area contributed by atoms with Gasteiger partial charge in [0.1, 0.15) is 0 Å². The lowest BCUT2D eigenvalue weighted by molar-refractivity contribution is 0.0705. The van der Waals surface area contributed by atoms with Crippen LogP contribution in [-0.2, 0) is 0 Å². The Balaban J connectivity index is 1.98. The van der Waals surface area contributed by atoms with Gasteiger partial charge in [-0.05, 0) is 36.5 Å². The molecule has 0 radical (unpaired) electrons. The second kappa shape index (κ2) is 4.68. The van der Waals surface area contributed by atoms with Crippen LogP contribution in [0.4, 0.5) is 0 Å². The summed E-state index contributed by atoms with van der Waals surface area (Å²) in [5.41, 5.74) is 0. The van der Waals surface area contributed by atoms with Gasteiger partial charge in [-0.2, -0.15) is 0 Å². The Labute approximate surface area is 89.5 Å². The van der Waals surface area contributed by atoms with Gasteiger partial charge in [0.2, 0.25) is 0 Å². The van der Waals surface area contributed by atoms with Crippen molar-refractivity contribution in [1.29, 1.82) is 0 Å². The number of hydrogen-bond acceptors (Lipinski definition) is 0. The third-order valence-corrected chi connectivity index (χ3v) is 5.01. The zero-order chi connectivity index (χ0) is 9.97. The first-order valence-electron chi connectivity index (χ1n) is 6.85. The van der Waals surface area contributed by atoms with Crippen molar-refractivity contribution in [3.05, 3.63) is 0 Å². The molecule has 2 fully saturated rings. The standard InChI is InChI=1S/C14H26/c1-3-11-8-9-13-7-5-6-12(4-2)14(13)10-11/h11-14H,3-10H2,1-2H3. The summed E-state index contributed by atoms with van der Waals surface area (Å²) in [6.07, 6.45) is 12.1. The van der Waals surface area contributed by atoms with Gasteiger partial charge >= 0.3 is 0 Å². The summed E-state index contributed by atoms with van der Waals surface area (Å²) in [6, 6.07) is 0. The first kappa shape index (κ1) is 10.5.